The Hall–Kier alpha value is -0.930. The van der Waals surface area contributed by atoms with Gasteiger partial charge in [0.25, 0.3) is 0 Å². The quantitative estimate of drug-likeness (QED) is 0.454. The molecule has 0 saturated carbocycles. The predicted octanol–water partition coefficient (Wildman–Crippen LogP) is 1.43. The van der Waals surface area contributed by atoms with Crippen molar-refractivity contribution in [1.82, 2.24) is 15.2 Å². The number of guanidine groups is 1. The highest BCUT2D eigenvalue weighted by molar-refractivity contribution is 14.0. The number of rotatable bonds is 4. The maximum Gasteiger partial charge on any atom is 0.194 e. The monoisotopic (exact) mass is 420 g/mol. The Labute approximate surface area is 149 Å². The van der Waals surface area contributed by atoms with Crippen molar-refractivity contribution >= 4 is 29.9 Å². The fourth-order valence-corrected chi connectivity index (χ4v) is 2.40. The van der Waals surface area contributed by atoms with E-state index in [2.05, 4.69) is 33.2 Å². The van der Waals surface area contributed by atoms with E-state index in [1.165, 1.54) is 5.56 Å². The minimum absolute atomic E-state index is 0. The summed E-state index contributed by atoms with van der Waals surface area (Å²) in [6.07, 6.45) is 1.91. The van der Waals surface area contributed by atoms with Gasteiger partial charge in [0.2, 0.25) is 0 Å². The molecule has 1 unspecified atom stereocenters. The highest BCUT2D eigenvalue weighted by atomic mass is 127. The summed E-state index contributed by atoms with van der Waals surface area (Å²) in [6, 6.07) is 4.01. The van der Waals surface area contributed by atoms with Crippen LogP contribution in [0.4, 0.5) is 0 Å². The highest BCUT2D eigenvalue weighted by Gasteiger charge is 2.22. The molecule has 0 spiro atoms. The van der Waals surface area contributed by atoms with E-state index in [9.17, 15) is 0 Å². The zero-order chi connectivity index (χ0) is 15.1. The van der Waals surface area contributed by atoms with Gasteiger partial charge in [0, 0.05) is 33.4 Å². The van der Waals surface area contributed by atoms with Crippen molar-refractivity contribution < 1.29 is 9.47 Å². The van der Waals surface area contributed by atoms with E-state index in [1.807, 2.05) is 12.3 Å². The molecular formula is C15H25IN4O2. The first-order valence-corrected chi connectivity index (χ1v) is 7.21. The van der Waals surface area contributed by atoms with Crippen molar-refractivity contribution in [1.29, 1.82) is 0 Å². The average molecular weight is 420 g/mol. The first kappa shape index (κ1) is 19.1. The summed E-state index contributed by atoms with van der Waals surface area (Å²) < 4.78 is 10.8. The molecule has 7 heteroatoms. The van der Waals surface area contributed by atoms with Gasteiger partial charge in [-0.15, -0.1) is 24.0 Å². The highest BCUT2D eigenvalue weighted by Crippen LogP contribution is 2.07. The molecule has 1 fully saturated rings. The number of morpholine rings is 1. The smallest absolute Gasteiger partial charge is 0.194 e. The molecular weight excluding hydrogens is 395 g/mol. The third kappa shape index (κ3) is 5.36. The van der Waals surface area contributed by atoms with Crippen molar-refractivity contribution in [2.24, 2.45) is 4.99 Å². The first-order chi connectivity index (χ1) is 10.2. The third-order valence-corrected chi connectivity index (χ3v) is 3.53. The number of hydrogen-bond donors (Lipinski definition) is 1. The maximum absolute atomic E-state index is 5.66. The van der Waals surface area contributed by atoms with Crippen LogP contribution in [-0.4, -0.2) is 62.4 Å². The van der Waals surface area contributed by atoms with Crippen LogP contribution in [0.3, 0.4) is 0 Å². The number of hydrogen-bond acceptors (Lipinski definition) is 4. The number of halogens is 1. The van der Waals surface area contributed by atoms with E-state index in [4.69, 9.17) is 9.47 Å². The molecule has 0 aromatic carbocycles. The Morgan fingerprint density at radius 2 is 2.41 bits per heavy atom. The molecule has 0 radical (unpaired) electrons. The summed E-state index contributed by atoms with van der Waals surface area (Å²) in [5.41, 5.74) is 2.22. The number of nitrogens with one attached hydrogen (secondary N) is 1. The van der Waals surface area contributed by atoms with Crippen molar-refractivity contribution in [2.75, 3.05) is 40.5 Å². The first-order valence-electron chi connectivity index (χ1n) is 7.21. The average Bonchev–Trinajstić information content (AvgIpc) is 2.50. The van der Waals surface area contributed by atoms with Gasteiger partial charge in [-0.1, -0.05) is 6.07 Å². The Balaban J connectivity index is 0.00000242. The number of aliphatic imine (C=N–C) groups is 1. The Bertz CT molecular complexity index is 482. The molecule has 1 aliphatic rings. The lowest BCUT2D eigenvalue weighted by Crippen LogP contribution is -2.51. The van der Waals surface area contributed by atoms with Crippen LogP contribution >= 0.6 is 24.0 Å². The van der Waals surface area contributed by atoms with Gasteiger partial charge in [0.05, 0.1) is 31.6 Å². The normalized spacial score (nSPS) is 18.8. The molecule has 1 atom stereocenters. The molecule has 1 saturated heterocycles. The van der Waals surface area contributed by atoms with Gasteiger partial charge in [0.15, 0.2) is 5.96 Å². The molecule has 2 heterocycles. The lowest BCUT2D eigenvalue weighted by Gasteiger charge is -2.34. The number of nitrogens with zero attached hydrogens (tertiary/aromatic N) is 3. The second kappa shape index (κ2) is 9.96. The third-order valence-electron chi connectivity index (χ3n) is 3.53. The van der Waals surface area contributed by atoms with E-state index in [0.29, 0.717) is 19.8 Å². The Morgan fingerprint density at radius 3 is 3.09 bits per heavy atom. The summed E-state index contributed by atoms with van der Waals surface area (Å²) in [5, 5.41) is 3.38. The van der Waals surface area contributed by atoms with E-state index in [0.717, 1.165) is 24.7 Å². The predicted molar refractivity (Wildman–Crippen MR) is 97.8 cm³/mol. The molecule has 1 aliphatic heterocycles. The molecule has 124 valence electrons. The Kier molecular flexibility index (Phi) is 8.66. The number of aryl methyl sites for hydroxylation is 1. The summed E-state index contributed by atoms with van der Waals surface area (Å²) in [7, 11) is 3.49. The topological polar surface area (TPSA) is 59.0 Å². The molecule has 22 heavy (non-hydrogen) atoms. The number of methoxy groups -OCH3 is 1. The van der Waals surface area contributed by atoms with Crippen LogP contribution in [0.25, 0.3) is 0 Å². The fraction of sp³-hybridized carbons (Fsp3) is 0.600. The van der Waals surface area contributed by atoms with Gasteiger partial charge in [-0.05, 0) is 18.6 Å². The number of ether oxygens (including phenoxy) is 2. The van der Waals surface area contributed by atoms with E-state index >= 15 is 0 Å². The van der Waals surface area contributed by atoms with Crippen LogP contribution < -0.4 is 5.32 Å². The zero-order valence-electron chi connectivity index (χ0n) is 13.4. The Morgan fingerprint density at radius 1 is 1.59 bits per heavy atom. The lowest BCUT2D eigenvalue weighted by molar-refractivity contribution is -0.0447. The van der Waals surface area contributed by atoms with Crippen LogP contribution in [0.5, 0.6) is 0 Å². The zero-order valence-corrected chi connectivity index (χ0v) is 15.7. The minimum atomic E-state index is 0. The lowest BCUT2D eigenvalue weighted by atomic mass is 10.2. The molecule has 1 aromatic rings. The van der Waals surface area contributed by atoms with Crippen molar-refractivity contribution in [3.05, 3.63) is 29.6 Å². The van der Waals surface area contributed by atoms with Crippen LogP contribution in [0.1, 0.15) is 11.3 Å². The fourth-order valence-electron chi connectivity index (χ4n) is 2.40. The van der Waals surface area contributed by atoms with Gasteiger partial charge in [-0.3, -0.25) is 9.98 Å². The van der Waals surface area contributed by atoms with Gasteiger partial charge >= 0.3 is 0 Å². The van der Waals surface area contributed by atoms with Crippen LogP contribution in [0, 0.1) is 6.92 Å². The SMILES string of the molecule is CN=C(NCc1ncccc1C)N1CCOC(COC)C1.I. The van der Waals surface area contributed by atoms with Crippen molar-refractivity contribution in [3.8, 4) is 0 Å². The van der Waals surface area contributed by atoms with Gasteiger partial charge in [-0.25, -0.2) is 0 Å². The van der Waals surface area contributed by atoms with Crippen molar-refractivity contribution in [2.45, 2.75) is 19.6 Å². The molecule has 6 nitrogen and oxygen atoms in total. The molecule has 1 N–H and O–H groups in total. The molecule has 0 aliphatic carbocycles. The second-order valence-corrected chi connectivity index (χ2v) is 5.06. The van der Waals surface area contributed by atoms with Gasteiger partial charge in [-0.2, -0.15) is 0 Å². The molecule has 1 aromatic heterocycles. The van der Waals surface area contributed by atoms with Crippen molar-refractivity contribution in [3.63, 3.8) is 0 Å². The molecule has 0 bridgehead atoms. The second-order valence-electron chi connectivity index (χ2n) is 5.06. The van der Waals surface area contributed by atoms with Gasteiger partial charge < -0.3 is 19.7 Å². The summed E-state index contributed by atoms with van der Waals surface area (Å²) >= 11 is 0. The largest absolute Gasteiger partial charge is 0.382 e. The van der Waals surface area contributed by atoms with Crippen LogP contribution in [0.2, 0.25) is 0 Å². The van der Waals surface area contributed by atoms with Gasteiger partial charge in [0.1, 0.15) is 0 Å². The van der Waals surface area contributed by atoms with E-state index in [-0.39, 0.29) is 30.1 Å². The number of pyridine rings is 1. The maximum atomic E-state index is 5.66. The standard InChI is InChI=1S/C15H24N4O2.HI/c1-12-5-4-6-17-14(12)9-18-15(16-2)19-7-8-21-13(10-19)11-20-3;/h4-6,13H,7-11H2,1-3H3,(H,16,18);1H. The summed E-state index contributed by atoms with van der Waals surface area (Å²) in [4.78, 5) is 11.0. The number of aromatic nitrogens is 1. The minimum Gasteiger partial charge on any atom is -0.382 e. The molecule has 0 amide bonds. The summed E-state index contributed by atoms with van der Waals surface area (Å²) in [5.74, 6) is 0.879. The van der Waals surface area contributed by atoms with Crippen LogP contribution in [-0.2, 0) is 16.0 Å². The van der Waals surface area contributed by atoms with E-state index in [1.54, 1.807) is 14.2 Å². The van der Waals surface area contributed by atoms with Crippen LogP contribution in [0.15, 0.2) is 23.3 Å². The summed E-state index contributed by atoms with van der Waals surface area (Å²) in [6.45, 7) is 5.65. The molecule has 2 rings (SSSR count). The van der Waals surface area contributed by atoms with E-state index < -0.39 is 0 Å².